The van der Waals surface area contributed by atoms with Gasteiger partial charge in [0.05, 0.1) is 6.26 Å². The van der Waals surface area contributed by atoms with E-state index in [9.17, 15) is 4.79 Å². The van der Waals surface area contributed by atoms with Crippen LogP contribution in [0.1, 0.15) is 34.2 Å². The molecule has 2 aromatic rings. The van der Waals surface area contributed by atoms with Gasteiger partial charge >= 0.3 is 0 Å². The second-order valence-electron chi connectivity index (χ2n) is 4.72. The summed E-state index contributed by atoms with van der Waals surface area (Å²) < 4.78 is 5.29. The molecule has 1 heterocycles. The lowest BCUT2D eigenvalue weighted by Crippen LogP contribution is -2.31. The molecular weight excluding hydrogens is 252 g/mol. The average molecular weight is 272 g/mol. The maximum Gasteiger partial charge on any atom is 0.290 e. The number of carbonyl (C=O) groups excluding carboxylic acids is 1. The Labute approximate surface area is 119 Å². The fraction of sp³-hybridized carbons (Fsp3) is 0.312. The van der Waals surface area contributed by atoms with Crippen molar-refractivity contribution in [2.24, 2.45) is 5.73 Å². The Morgan fingerprint density at radius 2 is 1.95 bits per heavy atom. The van der Waals surface area contributed by atoms with E-state index in [0.717, 1.165) is 16.7 Å². The normalized spacial score (nSPS) is 10.6. The van der Waals surface area contributed by atoms with Gasteiger partial charge < -0.3 is 15.1 Å². The van der Waals surface area contributed by atoms with E-state index >= 15 is 0 Å². The van der Waals surface area contributed by atoms with Crippen LogP contribution in [-0.4, -0.2) is 17.4 Å². The molecule has 0 saturated carbocycles. The van der Waals surface area contributed by atoms with Crippen LogP contribution in [0.3, 0.4) is 0 Å². The first-order chi connectivity index (χ1) is 9.67. The zero-order valence-corrected chi connectivity index (χ0v) is 11.9. The Morgan fingerprint density at radius 3 is 2.50 bits per heavy atom. The van der Waals surface area contributed by atoms with E-state index in [2.05, 4.69) is 0 Å². The number of carbonyl (C=O) groups is 1. The van der Waals surface area contributed by atoms with Gasteiger partial charge in [0.2, 0.25) is 0 Å². The Hall–Kier alpha value is -2.07. The first-order valence-corrected chi connectivity index (χ1v) is 6.77. The van der Waals surface area contributed by atoms with Crippen LogP contribution >= 0.6 is 0 Å². The van der Waals surface area contributed by atoms with Crippen molar-refractivity contribution in [2.45, 2.75) is 26.9 Å². The van der Waals surface area contributed by atoms with Crippen LogP contribution in [0.15, 0.2) is 41.0 Å². The molecule has 1 aromatic carbocycles. The van der Waals surface area contributed by atoms with Crippen molar-refractivity contribution in [3.63, 3.8) is 0 Å². The highest BCUT2D eigenvalue weighted by Gasteiger charge is 2.20. The molecule has 0 aliphatic rings. The number of hydrogen-bond acceptors (Lipinski definition) is 3. The van der Waals surface area contributed by atoms with Gasteiger partial charge in [0, 0.05) is 25.2 Å². The summed E-state index contributed by atoms with van der Waals surface area (Å²) in [5.74, 6) is 0.332. The van der Waals surface area contributed by atoms with Crippen LogP contribution in [0.5, 0.6) is 0 Å². The predicted octanol–water partition coefficient (Wildman–Crippen LogP) is 2.71. The van der Waals surface area contributed by atoms with Gasteiger partial charge in [0.15, 0.2) is 5.76 Å². The molecule has 0 saturated heterocycles. The molecule has 106 valence electrons. The summed E-state index contributed by atoms with van der Waals surface area (Å²) in [5.41, 5.74) is 8.75. The molecule has 2 N–H and O–H groups in total. The third kappa shape index (κ3) is 2.91. The van der Waals surface area contributed by atoms with Crippen molar-refractivity contribution < 1.29 is 9.21 Å². The van der Waals surface area contributed by atoms with E-state index in [1.807, 2.05) is 38.1 Å². The quantitative estimate of drug-likeness (QED) is 0.910. The van der Waals surface area contributed by atoms with Crippen LogP contribution in [0.4, 0.5) is 0 Å². The van der Waals surface area contributed by atoms with E-state index in [-0.39, 0.29) is 5.91 Å². The Bertz CT molecular complexity index is 590. The summed E-state index contributed by atoms with van der Waals surface area (Å²) in [5, 5.41) is 0. The lowest BCUT2D eigenvalue weighted by Gasteiger charge is -2.21. The highest BCUT2D eigenvalue weighted by Crippen LogP contribution is 2.16. The molecule has 0 atom stereocenters. The van der Waals surface area contributed by atoms with Gasteiger partial charge in [0.25, 0.3) is 5.91 Å². The summed E-state index contributed by atoms with van der Waals surface area (Å²) in [7, 11) is 0. The van der Waals surface area contributed by atoms with E-state index in [4.69, 9.17) is 10.2 Å². The highest BCUT2D eigenvalue weighted by molar-refractivity contribution is 5.92. The monoisotopic (exact) mass is 272 g/mol. The number of aryl methyl sites for hydroxylation is 1. The smallest absolute Gasteiger partial charge is 0.290 e. The van der Waals surface area contributed by atoms with Gasteiger partial charge in [-0.25, -0.2) is 0 Å². The standard InChI is InChI=1S/C16H20N2O2/c1-3-18(16(19)15-12(2)8-9-20-15)11-14-7-5-4-6-13(14)10-17/h4-9H,3,10-11,17H2,1-2H3. The minimum Gasteiger partial charge on any atom is -0.459 e. The van der Waals surface area contributed by atoms with Crippen molar-refractivity contribution in [3.8, 4) is 0 Å². The van der Waals surface area contributed by atoms with Gasteiger partial charge in [-0.1, -0.05) is 24.3 Å². The minimum absolute atomic E-state index is 0.0816. The van der Waals surface area contributed by atoms with E-state index in [1.165, 1.54) is 0 Å². The van der Waals surface area contributed by atoms with Crippen molar-refractivity contribution >= 4 is 5.91 Å². The van der Waals surface area contributed by atoms with Gasteiger partial charge in [0.1, 0.15) is 0 Å². The molecule has 4 nitrogen and oxygen atoms in total. The summed E-state index contributed by atoms with van der Waals surface area (Å²) in [6.07, 6.45) is 1.55. The van der Waals surface area contributed by atoms with E-state index in [0.29, 0.717) is 25.4 Å². The number of nitrogens with two attached hydrogens (primary N) is 1. The molecule has 2 rings (SSSR count). The third-order valence-electron chi connectivity index (χ3n) is 3.42. The summed E-state index contributed by atoms with van der Waals surface area (Å²) >= 11 is 0. The van der Waals surface area contributed by atoms with Gasteiger partial charge in [-0.15, -0.1) is 0 Å². The number of hydrogen-bond donors (Lipinski definition) is 1. The number of amides is 1. The average Bonchev–Trinajstić information content (AvgIpc) is 2.90. The zero-order valence-electron chi connectivity index (χ0n) is 11.9. The second kappa shape index (κ2) is 6.39. The van der Waals surface area contributed by atoms with Crippen LogP contribution in [0.25, 0.3) is 0 Å². The lowest BCUT2D eigenvalue weighted by molar-refractivity contribution is 0.0719. The molecule has 0 radical (unpaired) electrons. The lowest BCUT2D eigenvalue weighted by atomic mass is 10.1. The van der Waals surface area contributed by atoms with Gasteiger partial charge in [-0.05, 0) is 31.0 Å². The zero-order chi connectivity index (χ0) is 14.5. The maximum absolute atomic E-state index is 12.5. The fourth-order valence-corrected chi connectivity index (χ4v) is 2.18. The Kier molecular flexibility index (Phi) is 4.58. The molecule has 0 aliphatic heterocycles. The Balaban J connectivity index is 2.21. The largest absolute Gasteiger partial charge is 0.459 e. The van der Waals surface area contributed by atoms with Crippen molar-refractivity contribution in [2.75, 3.05) is 6.54 Å². The summed E-state index contributed by atoms with van der Waals surface area (Å²) in [6.45, 7) is 5.47. The predicted molar refractivity (Wildman–Crippen MR) is 78.2 cm³/mol. The number of benzene rings is 1. The molecule has 4 heteroatoms. The first kappa shape index (κ1) is 14.3. The van der Waals surface area contributed by atoms with Crippen molar-refractivity contribution in [1.29, 1.82) is 0 Å². The summed E-state index contributed by atoms with van der Waals surface area (Å²) in [4.78, 5) is 14.2. The molecule has 1 aromatic heterocycles. The SMILES string of the molecule is CCN(Cc1ccccc1CN)C(=O)c1occc1C. The molecule has 0 bridgehead atoms. The van der Waals surface area contributed by atoms with Crippen molar-refractivity contribution in [3.05, 3.63) is 59.0 Å². The molecule has 0 aliphatic carbocycles. The molecule has 0 unspecified atom stereocenters. The van der Waals surface area contributed by atoms with E-state index < -0.39 is 0 Å². The maximum atomic E-state index is 12.5. The van der Waals surface area contributed by atoms with Crippen LogP contribution in [0.2, 0.25) is 0 Å². The topological polar surface area (TPSA) is 59.5 Å². The molecule has 0 spiro atoms. The van der Waals surface area contributed by atoms with E-state index in [1.54, 1.807) is 17.2 Å². The Morgan fingerprint density at radius 1 is 1.25 bits per heavy atom. The summed E-state index contributed by atoms with van der Waals surface area (Å²) in [6, 6.07) is 9.72. The molecular formula is C16H20N2O2. The number of nitrogens with zero attached hydrogens (tertiary/aromatic N) is 1. The van der Waals surface area contributed by atoms with Crippen molar-refractivity contribution in [1.82, 2.24) is 4.90 Å². The van der Waals surface area contributed by atoms with Gasteiger partial charge in [-0.2, -0.15) is 0 Å². The highest BCUT2D eigenvalue weighted by atomic mass is 16.3. The molecule has 1 amide bonds. The van der Waals surface area contributed by atoms with Crippen LogP contribution in [0, 0.1) is 6.92 Å². The fourth-order valence-electron chi connectivity index (χ4n) is 2.18. The molecule has 0 fully saturated rings. The van der Waals surface area contributed by atoms with Crippen LogP contribution < -0.4 is 5.73 Å². The second-order valence-corrected chi connectivity index (χ2v) is 4.72. The number of furan rings is 1. The third-order valence-corrected chi connectivity index (χ3v) is 3.42. The minimum atomic E-state index is -0.0816. The van der Waals surface area contributed by atoms with Crippen LogP contribution in [-0.2, 0) is 13.1 Å². The number of rotatable bonds is 5. The van der Waals surface area contributed by atoms with Gasteiger partial charge in [-0.3, -0.25) is 4.79 Å². The molecule has 20 heavy (non-hydrogen) atoms. The first-order valence-electron chi connectivity index (χ1n) is 6.77.